The summed E-state index contributed by atoms with van der Waals surface area (Å²) < 4.78 is 0. The Morgan fingerprint density at radius 1 is 0.700 bits per heavy atom. The summed E-state index contributed by atoms with van der Waals surface area (Å²) in [4.78, 5) is 0. The summed E-state index contributed by atoms with van der Waals surface area (Å²) in [6.07, 6.45) is 8.49. The van der Waals surface area contributed by atoms with E-state index in [1.54, 1.807) is 0 Å². The van der Waals surface area contributed by atoms with Crippen molar-refractivity contribution in [3.05, 3.63) is 0 Å². The minimum absolute atomic E-state index is 0. The van der Waals surface area contributed by atoms with Crippen molar-refractivity contribution >= 4 is 40.0 Å². The molecule has 0 spiro atoms. The molecule has 0 N–H and O–H groups in total. The molecule has 2 radical (unpaired) electrons. The van der Waals surface area contributed by atoms with Crippen LogP contribution in [0.5, 0.6) is 0 Å². The van der Waals surface area contributed by atoms with Crippen molar-refractivity contribution in [3.8, 4) is 0 Å². The molecule has 0 unspecified atom stereocenters. The van der Waals surface area contributed by atoms with E-state index in [0.717, 1.165) is 0 Å². The first-order chi connectivity index (χ1) is 3.91. The molecule has 10 heavy (non-hydrogen) atoms. The second-order valence-corrected chi connectivity index (χ2v) is 2.41. The van der Waals surface area contributed by atoms with Gasteiger partial charge in [0.1, 0.15) is 0 Å². The molecule has 0 nitrogen and oxygen atoms in total. The lowest BCUT2D eigenvalue weighted by molar-refractivity contribution is 0.624. The van der Waals surface area contributed by atoms with Crippen LogP contribution in [0.25, 0.3) is 0 Å². The van der Waals surface area contributed by atoms with Gasteiger partial charge < -0.3 is 0 Å². The molecule has 0 saturated heterocycles. The van der Waals surface area contributed by atoms with Gasteiger partial charge in [0.2, 0.25) is 0 Å². The third-order valence-electron chi connectivity index (χ3n) is 1.46. The highest BCUT2D eigenvalue weighted by molar-refractivity contribution is 8.93. The Kier molecular flexibility index (Phi) is 29.0. The largest absolute Gasteiger partial charge is 0.114 e. The van der Waals surface area contributed by atoms with E-state index >= 15 is 0 Å². The Labute approximate surface area is 92.1 Å². The van der Waals surface area contributed by atoms with Crippen molar-refractivity contribution in [2.24, 2.45) is 0 Å². The predicted octanol–water partition coefficient (Wildman–Crippen LogP) is 3.56. The molecule has 0 aliphatic carbocycles. The molecule has 0 bridgehead atoms. The minimum atomic E-state index is 0. The molecule has 0 rings (SSSR count). The average Bonchev–Trinajstić information content (AvgIpc) is 1.81. The fraction of sp³-hybridized carbons (Fsp3) is 1.00. The predicted molar refractivity (Wildman–Crippen MR) is 55.1 cm³/mol. The first kappa shape index (κ1) is 17.4. The molecule has 60 valence electrons. The normalized spacial score (nSPS) is 7.80. The molecular formula is C8H19BrMg. The first-order valence-electron chi connectivity index (χ1n) is 3.91. The Hall–Kier alpha value is 1.25. The molecule has 0 heterocycles. The fourth-order valence-corrected chi connectivity index (χ4v) is 0.854. The van der Waals surface area contributed by atoms with Crippen molar-refractivity contribution in [2.45, 2.75) is 52.4 Å². The van der Waals surface area contributed by atoms with Crippen molar-refractivity contribution in [2.75, 3.05) is 0 Å². The van der Waals surface area contributed by atoms with Crippen LogP contribution in [-0.4, -0.2) is 23.1 Å². The summed E-state index contributed by atoms with van der Waals surface area (Å²) in [7, 11) is 0. The second-order valence-electron chi connectivity index (χ2n) is 2.41. The average molecular weight is 219 g/mol. The standard InChI is InChI=1S/C8H18.BrH.Mg/c1-3-5-7-8-6-4-2;;/h3-8H2,1-2H3;1H;. The molecule has 0 amide bonds. The van der Waals surface area contributed by atoms with Gasteiger partial charge >= 0.3 is 0 Å². The summed E-state index contributed by atoms with van der Waals surface area (Å²) in [6.45, 7) is 4.51. The number of hydrogen-bond acceptors (Lipinski definition) is 0. The maximum Gasteiger partial charge on any atom is 0 e. The monoisotopic (exact) mass is 218 g/mol. The molecule has 0 aromatic carbocycles. The van der Waals surface area contributed by atoms with Gasteiger partial charge in [-0.1, -0.05) is 52.4 Å². The Morgan fingerprint density at radius 2 is 1.00 bits per heavy atom. The van der Waals surface area contributed by atoms with Crippen LogP contribution < -0.4 is 0 Å². The lowest BCUT2D eigenvalue weighted by Gasteiger charge is -1.93. The molecule has 0 aliphatic heterocycles. The fourth-order valence-electron chi connectivity index (χ4n) is 0.854. The molecule has 0 atom stereocenters. The summed E-state index contributed by atoms with van der Waals surface area (Å²) in [5.41, 5.74) is 0. The zero-order chi connectivity index (χ0) is 6.24. The van der Waals surface area contributed by atoms with E-state index in [4.69, 9.17) is 0 Å². The number of unbranched alkanes of at least 4 members (excludes halogenated alkanes) is 5. The Morgan fingerprint density at radius 3 is 1.20 bits per heavy atom. The van der Waals surface area contributed by atoms with E-state index in [9.17, 15) is 0 Å². The van der Waals surface area contributed by atoms with Crippen LogP contribution in [0, 0.1) is 0 Å². The highest BCUT2D eigenvalue weighted by atomic mass is 79.9. The van der Waals surface area contributed by atoms with Crippen LogP contribution in [0.2, 0.25) is 0 Å². The molecular weight excluding hydrogens is 200 g/mol. The zero-order valence-electron chi connectivity index (χ0n) is 7.36. The minimum Gasteiger partial charge on any atom is -0.114 e. The van der Waals surface area contributed by atoms with E-state index < -0.39 is 0 Å². The van der Waals surface area contributed by atoms with Crippen molar-refractivity contribution in [3.63, 3.8) is 0 Å². The summed E-state index contributed by atoms with van der Waals surface area (Å²) in [5.74, 6) is 0. The van der Waals surface area contributed by atoms with Gasteiger partial charge in [-0.25, -0.2) is 0 Å². The van der Waals surface area contributed by atoms with Crippen molar-refractivity contribution in [1.29, 1.82) is 0 Å². The van der Waals surface area contributed by atoms with Crippen LogP contribution in [0.3, 0.4) is 0 Å². The van der Waals surface area contributed by atoms with Crippen LogP contribution in [0.15, 0.2) is 0 Å². The maximum absolute atomic E-state index is 2.26. The van der Waals surface area contributed by atoms with Crippen LogP contribution in [-0.2, 0) is 0 Å². The van der Waals surface area contributed by atoms with Crippen molar-refractivity contribution < 1.29 is 0 Å². The van der Waals surface area contributed by atoms with Gasteiger partial charge in [-0.3, -0.25) is 0 Å². The zero-order valence-corrected chi connectivity index (χ0v) is 10.5. The second kappa shape index (κ2) is 16.7. The lowest BCUT2D eigenvalue weighted by atomic mass is 10.1. The van der Waals surface area contributed by atoms with Crippen LogP contribution in [0.1, 0.15) is 52.4 Å². The van der Waals surface area contributed by atoms with Gasteiger partial charge in [0.25, 0.3) is 0 Å². The lowest BCUT2D eigenvalue weighted by Crippen LogP contribution is -1.73. The summed E-state index contributed by atoms with van der Waals surface area (Å²) >= 11 is 0. The molecule has 2 heteroatoms. The van der Waals surface area contributed by atoms with Gasteiger partial charge in [-0.05, 0) is 0 Å². The van der Waals surface area contributed by atoms with Gasteiger partial charge in [0.05, 0.1) is 0 Å². The van der Waals surface area contributed by atoms with Gasteiger partial charge in [0, 0.05) is 23.1 Å². The third-order valence-corrected chi connectivity index (χ3v) is 1.46. The summed E-state index contributed by atoms with van der Waals surface area (Å²) in [6, 6.07) is 0. The van der Waals surface area contributed by atoms with Crippen LogP contribution >= 0.6 is 17.0 Å². The third kappa shape index (κ3) is 16.1. The van der Waals surface area contributed by atoms with Crippen molar-refractivity contribution in [1.82, 2.24) is 0 Å². The molecule has 0 aromatic heterocycles. The van der Waals surface area contributed by atoms with Gasteiger partial charge in [-0.2, -0.15) is 0 Å². The highest BCUT2D eigenvalue weighted by Crippen LogP contribution is 2.03. The maximum atomic E-state index is 2.26. The molecule has 0 saturated carbocycles. The van der Waals surface area contributed by atoms with E-state index in [1.165, 1.54) is 38.5 Å². The Bertz CT molecular complexity index is 34.2. The topological polar surface area (TPSA) is 0 Å². The van der Waals surface area contributed by atoms with E-state index in [0.29, 0.717) is 0 Å². The SMILES string of the molecule is Br.CCCCCCCC.[Mg]. The molecule has 0 fully saturated rings. The van der Waals surface area contributed by atoms with Gasteiger partial charge in [0.15, 0.2) is 0 Å². The van der Waals surface area contributed by atoms with E-state index in [2.05, 4.69) is 13.8 Å². The smallest absolute Gasteiger partial charge is 0 e. The Balaban J connectivity index is -0.000000245. The molecule has 0 aliphatic rings. The summed E-state index contributed by atoms with van der Waals surface area (Å²) in [5, 5.41) is 0. The van der Waals surface area contributed by atoms with Crippen LogP contribution in [0.4, 0.5) is 0 Å². The molecule has 0 aromatic rings. The van der Waals surface area contributed by atoms with Gasteiger partial charge in [-0.15, -0.1) is 17.0 Å². The number of hydrogen-bond donors (Lipinski definition) is 0. The highest BCUT2D eigenvalue weighted by Gasteiger charge is 1.83. The number of halogens is 1. The number of rotatable bonds is 5. The quantitative estimate of drug-likeness (QED) is 0.490. The van der Waals surface area contributed by atoms with E-state index in [-0.39, 0.29) is 40.0 Å². The first-order valence-corrected chi connectivity index (χ1v) is 3.91. The van der Waals surface area contributed by atoms with E-state index in [1.807, 2.05) is 0 Å².